The number of methoxy groups -OCH3 is 2. The smallest absolute Gasteiger partial charge is 0.262 e. The van der Waals surface area contributed by atoms with Gasteiger partial charge in [0.15, 0.2) is 11.5 Å². The first-order chi connectivity index (χ1) is 13.1. The Balaban J connectivity index is 1.97. The second kappa shape index (κ2) is 7.90. The van der Waals surface area contributed by atoms with Gasteiger partial charge in [0.05, 0.1) is 30.8 Å². The quantitative estimate of drug-likeness (QED) is 0.535. The molecule has 0 aliphatic heterocycles. The van der Waals surface area contributed by atoms with Crippen molar-refractivity contribution in [2.75, 3.05) is 19.6 Å². The highest BCUT2D eigenvalue weighted by Crippen LogP contribution is 2.27. The second-order valence-corrected chi connectivity index (χ2v) is 5.88. The third-order valence-corrected chi connectivity index (χ3v) is 4.30. The minimum atomic E-state index is -0.0930. The number of ether oxygens (including phenoxy) is 2. The maximum Gasteiger partial charge on any atom is 0.262 e. The van der Waals surface area contributed by atoms with E-state index >= 15 is 0 Å². The zero-order valence-corrected chi connectivity index (χ0v) is 15.8. The Bertz CT molecular complexity index is 1060. The van der Waals surface area contributed by atoms with E-state index in [-0.39, 0.29) is 5.56 Å². The molecule has 0 aliphatic rings. The van der Waals surface area contributed by atoms with E-state index in [1.807, 2.05) is 50.2 Å². The first kappa shape index (κ1) is 18.4. The zero-order chi connectivity index (χ0) is 19.4. The lowest BCUT2D eigenvalue weighted by molar-refractivity contribution is 0.355. The monoisotopic (exact) mass is 366 g/mol. The molecule has 0 unspecified atom stereocenters. The Kier molecular flexibility index (Phi) is 5.40. The summed E-state index contributed by atoms with van der Waals surface area (Å²) in [5, 5.41) is 4.99. The number of nitrogens with one attached hydrogen (secondary N) is 1. The number of anilines is 1. The van der Waals surface area contributed by atoms with Gasteiger partial charge in [-0.1, -0.05) is 12.1 Å². The molecule has 1 aromatic heterocycles. The number of para-hydroxylation sites is 1. The molecule has 0 fully saturated rings. The van der Waals surface area contributed by atoms with Gasteiger partial charge in [0.2, 0.25) is 5.95 Å². The molecule has 0 bridgehead atoms. The summed E-state index contributed by atoms with van der Waals surface area (Å²) in [4.78, 5) is 17.2. The normalized spacial score (nSPS) is 11.5. The van der Waals surface area contributed by atoms with Gasteiger partial charge in [-0.05, 0) is 44.2 Å². The lowest BCUT2D eigenvalue weighted by Crippen LogP contribution is -2.23. The van der Waals surface area contributed by atoms with E-state index in [9.17, 15) is 4.79 Å². The van der Waals surface area contributed by atoms with Gasteiger partial charge < -0.3 is 9.47 Å². The van der Waals surface area contributed by atoms with Gasteiger partial charge in [0, 0.05) is 12.1 Å². The first-order valence-electron chi connectivity index (χ1n) is 8.61. The van der Waals surface area contributed by atoms with Crippen LogP contribution in [0.3, 0.4) is 0 Å². The second-order valence-electron chi connectivity index (χ2n) is 5.88. The van der Waals surface area contributed by atoms with Gasteiger partial charge in [-0.3, -0.25) is 9.36 Å². The summed E-state index contributed by atoms with van der Waals surface area (Å²) in [6, 6.07) is 12.8. The predicted molar refractivity (Wildman–Crippen MR) is 107 cm³/mol. The molecule has 2 aromatic carbocycles. The van der Waals surface area contributed by atoms with Crippen LogP contribution in [0.1, 0.15) is 19.4 Å². The minimum Gasteiger partial charge on any atom is -0.493 e. The fourth-order valence-corrected chi connectivity index (χ4v) is 2.81. The third kappa shape index (κ3) is 3.62. The summed E-state index contributed by atoms with van der Waals surface area (Å²) in [6.45, 7) is 4.25. The van der Waals surface area contributed by atoms with Crippen molar-refractivity contribution in [3.63, 3.8) is 0 Å². The SMILES string of the molecule is CCn1c(N/N=C(/C)c2ccc(OC)c(OC)c2)nc2ccccc2c1=O. The van der Waals surface area contributed by atoms with Gasteiger partial charge in [0.1, 0.15) is 0 Å². The maximum atomic E-state index is 12.7. The molecule has 0 radical (unpaired) electrons. The molecule has 0 aliphatic carbocycles. The number of hydrogen-bond donors (Lipinski definition) is 1. The Morgan fingerprint density at radius 2 is 1.89 bits per heavy atom. The highest BCUT2D eigenvalue weighted by atomic mass is 16.5. The Morgan fingerprint density at radius 1 is 1.15 bits per heavy atom. The zero-order valence-electron chi connectivity index (χ0n) is 15.8. The van der Waals surface area contributed by atoms with Crippen LogP contribution in [0.15, 0.2) is 52.4 Å². The molecule has 0 atom stereocenters. The van der Waals surface area contributed by atoms with Crippen molar-refractivity contribution in [2.24, 2.45) is 5.10 Å². The fourth-order valence-electron chi connectivity index (χ4n) is 2.81. The summed E-state index contributed by atoms with van der Waals surface area (Å²) in [5.41, 5.74) is 5.06. The summed E-state index contributed by atoms with van der Waals surface area (Å²) in [6.07, 6.45) is 0. The molecule has 0 saturated carbocycles. The Morgan fingerprint density at radius 3 is 2.59 bits per heavy atom. The summed E-state index contributed by atoms with van der Waals surface area (Å²) in [7, 11) is 3.18. The molecule has 1 heterocycles. The number of nitrogens with zero attached hydrogens (tertiary/aromatic N) is 3. The fraction of sp³-hybridized carbons (Fsp3) is 0.250. The van der Waals surface area contributed by atoms with Gasteiger partial charge in [-0.25, -0.2) is 10.4 Å². The van der Waals surface area contributed by atoms with Crippen LogP contribution in [0.5, 0.6) is 11.5 Å². The predicted octanol–water partition coefficient (Wildman–Crippen LogP) is 3.27. The molecule has 3 rings (SSSR count). The van der Waals surface area contributed by atoms with E-state index in [0.29, 0.717) is 34.9 Å². The van der Waals surface area contributed by atoms with Crippen LogP contribution in [0, 0.1) is 0 Å². The van der Waals surface area contributed by atoms with Crippen molar-refractivity contribution in [2.45, 2.75) is 20.4 Å². The number of aromatic nitrogens is 2. The number of hydrazone groups is 1. The van der Waals surface area contributed by atoms with Gasteiger partial charge >= 0.3 is 0 Å². The molecule has 0 amide bonds. The highest BCUT2D eigenvalue weighted by molar-refractivity contribution is 5.99. The molecule has 7 heteroatoms. The van der Waals surface area contributed by atoms with Crippen LogP contribution < -0.4 is 20.5 Å². The standard InChI is InChI=1S/C20H22N4O3/c1-5-24-19(25)15-8-6-7-9-16(15)21-20(24)23-22-13(2)14-10-11-17(26-3)18(12-14)27-4/h6-12H,5H2,1-4H3,(H,21,23)/b22-13-. The van der Waals surface area contributed by atoms with Gasteiger partial charge in [-0.15, -0.1) is 0 Å². The Hall–Kier alpha value is -3.35. The Labute approximate surface area is 157 Å². The van der Waals surface area contributed by atoms with Crippen molar-refractivity contribution in [1.29, 1.82) is 0 Å². The van der Waals surface area contributed by atoms with Crippen LogP contribution in [-0.4, -0.2) is 29.5 Å². The summed E-state index contributed by atoms with van der Waals surface area (Å²) >= 11 is 0. The van der Waals surface area contributed by atoms with E-state index in [2.05, 4.69) is 15.5 Å². The van der Waals surface area contributed by atoms with Crippen molar-refractivity contribution >= 4 is 22.6 Å². The first-order valence-corrected chi connectivity index (χ1v) is 8.61. The lowest BCUT2D eigenvalue weighted by Gasteiger charge is -2.12. The number of rotatable bonds is 6. The van der Waals surface area contributed by atoms with Gasteiger partial charge in [0.25, 0.3) is 5.56 Å². The molecule has 3 aromatic rings. The molecule has 0 spiro atoms. The van der Waals surface area contributed by atoms with Crippen molar-refractivity contribution < 1.29 is 9.47 Å². The van der Waals surface area contributed by atoms with Crippen molar-refractivity contribution in [3.8, 4) is 11.5 Å². The van der Waals surface area contributed by atoms with Crippen molar-refractivity contribution in [3.05, 3.63) is 58.4 Å². The van der Waals surface area contributed by atoms with Crippen LogP contribution in [0.4, 0.5) is 5.95 Å². The minimum absolute atomic E-state index is 0.0930. The topological polar surface area (TPSA) is 77.7 Å². The molecule has 27 heavy (non-hydrogen) atoms. The third-order valence-electron chi connectivity index (χ3n) is 4.30. The van der Waals surface area contributed by atoms with E-state index < -0.39 is 0 Å². The molecule has 7 nitrogen and oxygen atoms in total. The average Bonchev–Trinajstić information content (AvgIpc) is 2.71. The molecular formula is C20H22N4O3. The average molecular weight is 366 g/mol. The maximum absolute atomic E-state index is 12.7. The summed E-state index contributed by atoms with van der Waals surface area (Å²) < 4.78 is 12.2. The number of fused-ring (bicyclic) bond motifs is 1. The highest BCUT2D eigenvalue weighted by Gasteiger charge is 2.10. The van der Waals surface area contributed by atoms with E-state index in [1.165, 1.54) is 0 Å². The van der Waals surface area contributed by atoms with Crippen LogP contribution in [-0.2, 0) is 6.54 Å². The largest absolute Gasteiger partial charge is 0.493 e. The molecule has 0 saturated heterocycles. The van der Waals surface area contributed by atoms with Crippen LogP contribution in [0.2, 0.25) is 0 Å². The molecule has 1 N–H and O–H groups in total. The van der Waals surface area contributed by atoms with Gasteiger partial charge in [-0.2, -0.15) is 5.10 Å². The summed E-state index contributed by atoms with van der Waals surface area (Å²) in [5.74, 6) is 1.68. The van der Waals surface area contributed by atoms with E-state index in [1.54, 1.807) is 24.9 Å². The number of benzene rings is 2. The van der Waals surface area contributed by atoms with Crippen LogP contribution in [0.25, 0.3) is 10.9 Å². The van der Waals surface area contributed by atoms with E-state index in [4.69, 9.17) is 9.47 Å². The van der Waals surface area contributed by atoms with Crippen LogP contribution >= 0.6 is 0 Å². The molecule has 140 valence electrons. The van der Waals surface area contributed by atoms with E-state index in [0.717, 1.165) is 11.3 Å². The number of hydrogen-bond acceptors (Lipinski definition) is 6. The molecular weight excluding hydrogens is 344 g/mol. The van der Waals surface area contributed by atoms with Crippen molar-refractivity contribution in [1.82, 2.24) is 9.55 Å². The lowest BCUT2D eigenvalue weighted by atomic mass is 10.1.